The standard InChI is InChI=1S/C9H12N2O4/c1-2-3-4-8(13)11(5-7(10)12)6-9(14)15/h1H,3-6H2,(H2,10,12)(H,14,15). The van der Waals surface area contributed by atoms with E-state index in [9.17, 15) is 14.4 Å². The summed E-state index contributed by atoms with van der Waals surface area (Å²) >= 11 is 0. The van der Waals surface area contributed by atoms with E-state index in [0.717, 1.165) is 4.90 Å². The normalized spacial score (nSPS) is 9.00. The second-order valence-corrected chi connectivity index (χ2v) is 2.81. The maximum atomic E-state index is 11.3. The summed E-state index contributed by atoms with van der Waals surface area (Å²) in [5, 5.41) is 8.48. The number of carboxylic acids is 1. The van der Waals surface area contributed by atoms with Gasteiger partial charge in [0.2, 0.25) is 11.8 Å². The second kappa shape index (κ2) is 6.43. The molecule has 0 aromatic rings. The van der Waals surface area contributed by atoms with Crippen LogP contribution < -0.4 is 5.73 Å². The third-order valence-corrected chi connectivity index (χ3v) is 1.51. The number of primary amides is 1. The van der Waals surface area contributed by atoms with Gasteiger partial charge in [0.25, 0.3) is 0 Å². The number of carbonyl (C=O) groups is 3. The van der Waals surface area contributed by atoms with Gasteiger partial charge in [0.1, 0.15) is 6.54 Å². The molecule has 6 heteroatoms. The van der Waals surface area contributed by atoms with Gasteiger partial charge in [0, 0.05) is 12.8 Å². The number of carbonyl (C=O) groups excluding carboxylic acids is 2. The lowest BCUT2D eigenvalue weighted by Gasteiger charge is -2.18. The molecular weight excluding hydrogens is 200 g/mol. The number of rotatable bonds is 6. The third kappa shape index (κ3) is 6.10. The molecule has 0 fully saturated rings. The first-order chi connectivity index (χ1) is 6.97. The average Bonchev–Trinajstić information content (AvgIpc) is 2.11. The van der Waals surface area contributed by atoms with Crippen LogP contribution >= 0.6 is 0 Å². The van der Waals surface area contributed by atoms with Crippen molar-refractivity contribution in [3.63, 3.8) is 0 Å². The van der Waals surface area contributed by atoms with E-state index in [1.165, 1.54) is 0 Å². The highest BCUT2D eigenvalue weighted by Gasteiger charge is 2.17. The van der Waals surface area contributed by atoms with E-state index in [0.29, 0.717) is 0 Å². The summed E-state index contributed by atoms with van der Waals surface area (Å²) in [7, 11) is 0. The summed E-state index contributed by atoms with van der Waals surface area (Å²) in [5.41, 5.74) is 4.87. The monoisotopic (exact) mass is 212 g/mol. The van der Waals surface area contributed by atoms with Crippen LogP contribution in [0.1, 0.15) is 12.8 Å². The molecule has 2 amide bonds. The fraction of sp³-hybridized carbons (Fsp3) is 0.444. The SMILES string of the molecule is C#CCCC(=O)N(CC(N)=O)CC(=O)O. The molecule has 0 aliphatic carbocycles. The van der Waals surface area contributed by atoms with Gasteiger partial charge in [-0.05, 0) is 0 Å². The summed E-state index contributed by atoms with van der Waals surface area (Å²) in [6, 6.07) is 0. The molecule has 0 atom stereocenters. The minimum atomic E-state index is -1.20. The molecule has 0 heterocycles. The van der Waals surface area contributed by atoms with E-state index in [-0.39, 0.29) is 12.8 Å². The molecular formula is C9H12N2O4. The lowest BCUT2D eigenvalue weighted by Crippen LogP contribution is -2.41. The van der Waals surface area contributed by atoms with Gasteiger partial charge >= 0.3 is 5.97 Å². The minimum absolute atomic E-state index is 0.0110. The predicted molar refractivity (Wildman–Crippen MR) is 51.5 cm³/mol. The minimum Gasteiger partial charge on any atom is -0.480 e. The van der Waals surface area contributed by atoms with Gasteiger partial charge in [0.05, 0.1) is 6.54 Å². The zero-order valence-electron chi connectivity index (χ0n) is 8.10. The van der Waals surface area contributed by atoms with Crippen LogP contribution in [0, 0.1) is 12.3 Å². The lowest BCUT2D eigenvalue weighted by atomic mass is 10.3. The van der Waals surface area contributed by atoms with E-state index in [1.807, 2.05) is 0 Å². The molecule has 0 aliphatic heterocycles. The number of amides is 2. The highest BCUT2D eigenvalue weighted by molar-refractivity contribution is 5.86. The first kappa shape index (κ1) is 13.0. The molecule has 0 bridgehead atoms. The van der Waals surface area contributed by atoms with Gasteiger partial charge in [-0.1, -0.05) is 0 Å². The fourth-order valence-electron chi connectivity index (χ4n) is 0.921. The van der Waals surface area contributed by atoms with Crippen molar-refractivity contribution >= 4 is 17.8 Å². The van der Waals surface area contributed by atoms with Crippen molar-refractivity contribution in [2.45, 2.75) is 12.8 Å². The van der Waals surface area contributed by atoms with Gasteiger partial charge < -0.3 is 15.7 Å². The molecule has 0 saturated carbocycles. The van der Waals surface area contributed by atoms with Crippen LogP contribution in [0.2, 0.25) is 0 Å². The van der Waals surface area contributed by atoms with Crippen LogP contribution in [0.3, 0.4) is 0 Å². The molecule has 0 aliphatic rings. The zero-order chi connectivity index (χ0) is 11.8. The van der Waals surface area contributed by atoms with Crippen molar-refractivity contribution in [3.05, 3.63) is 0 Å². The van der Waals surface area contributed by atoms with Crippen LogP contribution in [0.15, 0.2) is 0 Å². The molecule has 82 valence electrons. The highest BCUT2D eigenvalue weighted by Crippen LogP contribution is 1.97. The van der Waals surface area contributed by atoms with E-state index in [4.69, 9.17) is 17.3 Å². The summed E-state index contributed by atoms with van der Waals surface area (Å²) in [5.74, 6) is -0.205. The Labute approximate surface area is 87.0 Å². The van der Waals surface area contributed by atoms with Gasteiger partial charge in [-0.2, -0.15) is 0 Å². The Balaban J connectivity index is 4.34. The first-order valence-electron chi connectivity index (χ1n) is 4.18. The van der Waals surface area contributed by atoms with Crippen molar-refractivity contribution in [2.24, 2.45) is 5.73 Å². The maximum absolute atomic E-state index is 11.3. The predicted octanol–water partition coefficient (Wildman–Crippen LogP) is -1.20. The lowest BCUT2D eigenvalue weighted by molar-refractivity contribution is -0.145. The number of nitrogens with zero attached hydrogens (tertiary/aromatic N) is 1. The zero-order valence-corrected chi connectivity index (χ0v) is 8.10. The topological polar surface area (TPSA) is 101 Å². The Hall–Kier alpha value is -2.03. The molecule has 0 radical (unpaired) electrons. The van der Waals surface area contributed by atoms with Crippen molar-refractivity contribution < 1.29 is 19.5 Å². The molecule has 0 aromatic carbocycles. The van der Waals surface area contributed by atoms with Gasteiger partial charge in [-0.3, -0.25) is 14.4 Å². The maximum Gasteiger partial charge on any atom is 0.323 e. The van der Waals surface area contributed by atoms with Crippen molar-refractivity contribution in [1.82, 2.24) is 4.90 Å². The fourth-order valence-corrected chi connectivity index (χ4v) is 0.921. The second-order valence-electron chi connectivity index (χ2n) is 2.81. The van der Waals surface area contributed by atoms with Gasteiger partial charge in [0.15, 0.2) is 0 Å². The molecule has 3 N–H and O–H groups in total. The number of hydrogen-bond donors (Lipinski definition) is 2. The largest absolute Gasteiger partial charge is 0.480 e. The highest BCUT2D eigenvalue weighted by atomic mass is 16.4. The first-order valence-corrected chi connectivity index (χ1v) is 4.18. The molecule has 15 heavy (non-hydrogen) atoms. The van der Waals surface area contributed by atoms with Crippen LogP contribution in [0.5, 0.6) is 0 Å². The summed E-state index contributed by atoms with van der Waals surface area (Å²) in [6.07, 6.45) is 5.16. The van der Waals surface area contributed by atoms with Gasteiger partial charge in [-0.25, -0.2) is 0 Å². The van der Waals surface area contributed by atoms with Crippen LogP contribution in [-0.2, 0) is 14.4 Å². The summed E-state index contributed by atoms with van der Waals surface area (Å²) < 4.78 is 0. The van der Waals surface area contributed by atoms with Crippen molar-refractivity contribution in [1.29, 1.82) is 0 Å². The van der Waals surface area contributed by atoms with E-state index in [2.05, 4.69) is 5.92 Å². The van der Waals surface area contributed by atoms with Gasteiger partial charge in [-0.15, -0.1) is 12.3 Å². The Morgan fingerprint density at radius 1 is 1.33 bits per heavy atom. The van der Waals surface area contributed by atoms with E-state index in [1.54, 1.807) is 0 Å². The number of hydrogen-bond acceptors (Lipinski definition) is 3. The smallest absolute Gasteiger partial charge is 0.323 e. The molecule has 0 aromatic heterocycles. The van der Waals surface area contributed by atoms with E-state index >= 15 is 0 Å². The molecule has 0 rings (SSSR count). The summed E-state index contributed by atoms with van der Waals surface area (Å²) in [6.45, 7) is -0.956. The van der Waals surface area contributed by atoms with Crippen LogP contribution in [0.25, 0.3) is 0 Å². The average molecular weight is 212 g/mol. The van der Waals surface area contributed by atoms with Crippen molar-refractivity contribution in [3.8, 4) is 12.3 Å². The van der Waals surface area contributed by atoms with Crippen LogP contribution in [0.4, 0.5) is 0 Å². The Bertz CT molecular complexity index is 290. The molecule has 0 saturated heterocycles. The Morgan fingerprint density at radius 2 is 1.93 bits per heavy atom. The van der Waals surface area contributed by atoms with Crippen LogP contribution in [-0.4, -0.2) is 40.9 Å². The number of carboxylic acid groups (broad SMARTS) is 1. The number of aliphatic carboxylic acids is 1. The molecule has 0 unspecified atom stereocenters. The summed E-state index contributed by atoms with van der Waals surface area (Å²) in [4.78, 5) is 33.1. The Morgan fingerprint density at radius 3 is 2.33 bits per heavy atom. The number of terminal acetylenes is 1. The molecule has 6 nitrogen and oxygen atoms in total. The third-order valence-electron chi connectivity index (χ3n) is 1.51. The van der Waals surface area contributed by atoms with Crippen molar-refractivity contribution in [2.75, 3.05) is 13.1 Å². The molecule has 0 spiro atoms. The number of nitrogens with two attached hydrogens (primary N) is 1. The quantitative estimate of drug-likeness (QED) is 0.540. The Kier molecular flexibility index (Phi) is 5.56. The van der Waals surface area contributed by atoms with E-state index < -0.39 is 30.9 Å².